The van der Waals surface area contributed by atoms with Gasteiger partial charge >= 0.3 is 6.09 Å². The lowest BCUT2D eigenvalue weighted by Crippen LogP contribution is -2.33. The lowest BCUT2D eigenvalue weighted by atomic mass is 10.1. The van der Waals surface area contributed by atoms with E-state index in [0.29, 0.717) is 11.3 Å². The lowest BCUT2D eigenvalue weighted by molar-refractivity contribution is 0.102. The number of amides is 2. The van der Waals surface area contributed by atoms with Crippen LogP contribution >= 0.6 is 0 Å². The van der Waals surface area contributed by atoms with Crippen molar-refractivity contribution in [3.63, 3.8) is 0 Å². The van der Waals surface area contributed by atoms with E-state index >= 15 is 0 Å². The van der Waals surface area contributed by atoms with Crippen molar-refractivity contribution in [3.8, 4) is 17.6 Å². The molecule has 0 aliphatic heterocycles. The first-order valence-corrected chi connectivity index (χ1v) is 14.6. The van der Waals surface area contributed by atoms with Crippen LogP contribution in [0.1, 0.15) is 21.5 Å². The molecule has 0 saturated carbocycles. The van der Waals surface area contributed by atoms with E-state index in [1.807, 2.05) is 65.4 Å². The molecule has 3 N–H and O–H groups in total. The number of anilines is 3. The molecule has 2 amide bonds. The maximum Gasteiger partial charge on any atom is 0.426 e. The molecule has 0 spiro atoms. The van der Waals surface area contributed by atoms with Crippen molar-refractivity contribution in [2.75, 3.05) is 10.6 Å². The molecular weight excluding hydrogens is 562 g/mol. The van der Waals surface area contributed by atoms with Crippen LogP contribution < -0.4 is 20.1 Å². The molecule has 0 radical (unpaired) electrons. The van der Waals surface area contributed by atoms with Gasteiger partial charge in [-0.25, -0.2) is 17.9 Å². The van der Waals surface area contributed by atoms with E-state index in [-0.39, 0.29) is 21.9 Å². The van der Waals surface area contributed by atoms with Gasteiger partial charge in [0.1, 0.15) is 10.6 Å². The summed E-state index contributed by atoms with van der Waals surface area (Å²) in [5.41, 5.74) is 2.95. The highest BCUT2D eigenvalue weighted by Crippen LogP contribution is 2.26. The zero-order valence-electron chi connectivity index (χ0n) is 22.7. The predicted octanol–water partition coefficient (Wildman–Crippen LogP) is 6.56. The van der Waals surface area contributed by atoms with E-state index in [4.69, 9.17) is 4.74 Å². The minimum absolute atomic E-state index is 0.0221. The number of hydrogen-bond acceptors (Lipinski definition) is 6. The monoisotopic (exact) mass is 587 g/mol. The fraction of sp³-hybridized carbons (Fsp3) is 0. The Morgan fingerprint density at radius 2 is 1.23 bits per heavy atom. The molecule has 0 fully saturated rings. The molecule has 0 aromatic heterocycles. The number of carbonyl (C=O) groups excluding carboxylic acids is 2. The Kier molecular flexibility index (Phi) is 8.81. The Bertz CT molecular complexity index is 1920. The highest BCUT2D eigenvalue weighted by molar-refractivity contribution is 7.90. The lowest BCUT2D eigenvalue weighted by Gasteiger charge is -2.15. The number of nitrogens with one attached hydrogen (secondary N) is 3. The van der Waals surface area contributed by atoms with Gasteiger partial charge in [-0.05, 0) is 66.7 Å². The molecule has 0 atom stereocenters. The summed E-state index contributed by atoms with van der Waals surface area (Å²) in [5.74, 6) is 5.82. The third-order valence-electron chi connectivity index (χ3n) is 6.04. The Labute approximate surface area is 249 Å². The van der Waals surface area contributed by atoms with Crippen LogP contribution in [-0.2, 0) is 10.0 Å². The van der Waals surface area contributed by atoms with Gasteiger partial charge in [-0.2, -0.15) is 0 Å². The Morgan fingerprint density at radius 1 is 0.628 bits per heavy atom. The maximum absolute atomic E-state index is 13.6. The zero-order chi connectivity index (χ0) is 30.1. The fourth-order valence-electron chi connectivity index (χ4n) is 4.04. The van der Waals surface area contributed by atoms with Gasteiger partial charge in [-0.1, -0.05) is 78.6 Å². The number of sulfonamides is 1. The SMILES string of the molecule is O=C(NS(=O)(=O)c1ccccc1NC(=O)c1ccc(C#Cc2ccccc2)cc1Nc1ccccc1)Oc1ccccc1. The van der Waals surface area contributed by atoms with Crippen LogP contribution in [0.25, 0.3) is 0 Å². The Morgan fingerprint density at radius 3 is 1.95 bits per heavy atom. The van der Waals surface area contributed by atoms with Gasteiger partial charge in [0.25, 0.3) is 15.9 Å². The molecular formula is C34H25N3O5S. The van der Waals surface area contributed by atoms with Gasteiger partial charge in [0.2, 0.25) is 0 Å². The van der Waals surface area contributed by atoms with Crippen LogP contribution in [0.4, 0.5) is 21.9 Å². The predicted molar refractivity (Wildman–Crippen MR) is 166 cm³/mol. The molecule has 5 rings (SSSR count). The highest BCUT2D eigenvalue weighted by atomic mass is 32.2. The molecule has 9 heteroatoms. The first-order valence-electron chi connectivity index (χ1n) is 13.1. The summed E-state index contributed by atoms with van der Waals surface area (Å²) in [6, 6.07) is 37.7. The van der Waals surface area contributed by atoms with Gasteiger partial charge in [-0.15, -0.1) is 0 Å². The first-order chi connectivity index (χ1) is 20.9. The number of rotatable bonds is 7. The smallest absolute Gasteiger partial charge is 0.410 e. The molecule has 0 saturated heterocycles. The van der Waals surface area contributed by atoms with Crippen LogP contribution in [0, 0.1) is 11.8 Å². The van der Waals surface area contributed by atoms with Gasteiger partial charge in [0, 0.05) is 16.8 Å². The third-order valence-corrected chi connectivity index (χ3v) is 7.41. The summed E-state index contributed by atoms with van der Waals surface area (Å²) >= 11 is 0. The molecule has 5 aromatic carbocycles. The van der Waals surface area contributed by atoms with Crippen molar-refractivity contribution in [3.05, 3.63) is 150 Å². The van der Waals surface area contributed by atoms with Gasteiger partial charge in [0.15, 0.2) is 0 Å². The molecule has 0 heterocycles. The third kappa shape index (κ3) is 7.67. The summed E-state index contributed by atoms with van der Waals surface area (Å²) in [6.45, 7) is 0. The van der Waals surface area contributed by atoms with E-state index in [1.165, 1.54) is 30.3 Å². The number of carbonyl (C=O) groups is 2. The van der Waals surface area contributed by atoms with Crippen molar-refractivity contribution in [1.29, 1.82) is 0 Å². The molecule has 0 bridgehead atoms. The van der Waals surface area contributed by atoms with Crippen LogP contribution in [-0.4, -0.2) is 20.4 Å². The maximum atomic E-state index is 13.6. The average Bonchev–Trinajstić information content (AvgIpc) is 3.01. The standard InChI is InChI=1S/C34H25N3O5S/c38-33(36-30-18-10-11-19-32(30)43(40,41)37-34(39)42-28-16-8-3-9-17-28)29-23-22-26(21-20-25-12-4-1-5-13-25)24-31(29)35-27-14-6-2-7-15-27/h1-19,22-24,35H,(H,36,38)(H,37,39). The minimum atomic E-state index is -4.41. The molecule has 0 aliphatic carbocycles. The molecule has 5 aromatic rings. The summed E-state index contributed by atoms with van der Waals surface area (Å²) in [6.07, 6.45) is -1.19. The molecule has 8 nitrogen and oxygen atoms in total. The van der Waals surface area contributed by atoms with Crippen LogP contribution in [0.3, 0.4) is 0 Å². The average molecular weight is 588 g/mol. The Hall–Kier alpha value is -5.85. The molecule has 0 unspecified atom stereocenters. The zero-order valence-corrected chi connectivity index (χ0v) is 23.5. The summed E-state index contributed by atoms with van der Waals surface area (Å²) in [7, 11) is -4.41. The van der Waals surface area contributed by atoms with E-state index < -0.39 is 22.0 Å². The number of benzene rings is 5. The first kappa shape index (κ1) is 28.7. The summed E-state index contributed by atoms with van der Waals surface area (Å²) in [4.78, 5) is 25.6. The van der Waals surface area contributed by atoms with Crippen LogP contribution in [0.2, 0.25) is 0 Å². The Balaban J connectivity index is 1.41. The number of ether oxygens (including phenoxy) is 1. The molecule has 0 aliphatic rings. The van der Waals surface area contributed by atoms with Crippen molar-refractivity contribution in [2.45, 2.75) is 4.90 Å². The van der Waals surface area contributed by atoms with Gasteiger partial charge < -0.3 is 15.4 Å². The second kappa shape index (κ2) is 13.2. The van der Waals surface area contributed by atoms with E-state index in [1.54, 1.807) is 42.5 Å². The highest BCUT2D eigenvalue weighted by Gasteiger charge is 2.24. The topological polar surface area (TPSA) is 114 Å². The van der Waals surface area contributed by atoms with Gasteiger partial charge in [-0.3, -0.25) is 4.79 Å². The van der Waals surface area contributed by atoms with Crippen LogP contribution in [0.15, 0.2) is 138 Å². The quantitative estimate of drug-likeness (QED) is 0.186. The van der Waals surface area contributed by atoms with E-state index in [0.717, 1.165) is 11.3 Å². The van der Waals surface area contributed by atoms with E-state index in [9.17, 15) is 18.0 Å². The number of hydrogen-bond donors (Lipinski definition) is 3. The van der Waals surface area contributed by atoms with Crippen molar-refractivity contribution in [2.24, 2.45) is 0 Å². The second-order valence-corrected chi connectivity index (χ2v) is 10.8. The van der Waals surface area contributed by atoms with Crippen molar-refractivity contribution < 1.29 is 22.7 Å². The van der Waals surface area contributed by atoms with Crippen molar-refractivity contribution >= 4 is 39.1 Å². The summed E-state index contributed by atoms with van der Waals surface area (Å²) < 4.78 is 33.2. The van der Waals surface area contributed by atoms with Crippen molar-refractivity contribution in [1.82, 2.24) is 4.72 Å². The second-order valence-electron chi connectivity index (χ2n) is 9.13. The fourth-order valence-corrected chi connectivity index (χ4v) is 5.08. The minimum Gasteiger partial charge on any atom is -0.410 e. The summed E-state index contributed by atoms with van der Waals surface area (Å²) in [5, 5.41) is 5.92. The molecule has 212 valence electrons. The normalized spacial score (nSPS) is 10.5. The molecule has 43 heavy (non-hydrogen) atoms. The largest absolute Gasteiger partial charge is 0.426 e. The number of para-hydroxylation sites is 3. The van der Waals surface area contributed by atoms with Gasteiger partial charge in [0.05, 0.1) is 16.9 Å². The van der Waals surface area contributed by atoms with E-state index in [2.05, 4.69) is 22.5 Å². The van der Waals surface area contributed by atoms with Crippen LogP contribution in [0.5, 0.6) is 5.75 Å².